The van der Waals surface area contributed by atoms with Crippen molar-refractivity contribution in [3.05, 3.63) is 23.8 Å². The van der Waals surface area contributed by atoms with Crippen LogP contribution in [0.4, 0.5) is 0 Å². The number of methoxy groups -OCH3 is 1. The molecule has 4 nitrogen and oxygen atoms in total. The number of nitrogens with zero attached hydrogens (tertiary/aromatic N) is 1. The first-order valence-corrected chi connectivity index (χ1v) is 7.59. The molecule has 0 amide bonds. The molecule has 1 heterocycles. The monoisotopic (exact) mass is 348 g/mol. The zero-order chi connectivity index (χ0) is 13.9. The van der Waals surface area contributed by atoms with Crippen LogP contribution < -0.4 is 10.1 Å². The highest BCUT2D eigenvalue weighted by atomic mass is 35.5. The summed E-state index contributed by atoms with van der Waals surface area (Å²) in [4.78, 5) is 2.55. The van der Waals surface area contributed by atoms with Crippen molar-refractivity contribution in [2.24, 2.45) is 5.92 Å². The molecule has 1 aromatic carbocycles. The van der Waals surface area contributed by atoms with Crippen molar-refractivity contribution in [3.63, 3.8) is 0 Å². The maximum Gasteiger partial charge on any atom is 0.160 e. The molecule has 1 saturated carbocycles. The average molecular weight is 349 g/mol. The number of ether oxygens (including phenoxy) is 1. The van der Waals surface area contributed by atoms with E-state index < -0.39 is 0 Å². The Labute approximate surface area is 145 Å². The lowest BCUT2D eigenvalue weighted by molar-refractivity contribution is 0.160. The van der Waals surface area contributed by atoms with Crippen molar-refractivity contribution in [2.75, 3.05) is 33.3 Å². The Bertz CT molecular complexity index is 463. The van der Waals surface area contributed by atoms with Gasteiger partial charge in [0.15, 0.2) is 11.5 Å². The molecular formula is C16H26Cl2N2O2. The van der Waals surface area contributed by atoms with Crippen molar-refractivity contribution in [1.29, 1.82) is 0 Å². The number of rotatable bonds is 5. The lowest BCUT2D eigenvalue weighted by Crippen LogP contribution is -2.45. The number of hydrogen-bond acceptors (Lipinski definition) is 4. The molecule has 2 fully saturated rings. The summed E-state index contributed by atoms with van der Waals surface area (Å²) in [5.74, 6) is 1.68. The van der Waals surface area contributed by atoms with E-state index >= 15 is 0 Å². The van der Waals surface area contributed by atoms with E-state index in [9.17, 15) is 5.11 Å². The SMILES string of the molecule is COc1ccc([C@H](CC2CC2)N2CCNCC2)cc1O.Cl.Cl. The number of phenolic OH excluding ortho intramolecular Hbond substituents is 1. The first-order chi connectivity index (χ1) is 9.78. The molecule has 0 bridgehead atoms. The van der Waals surface area contributed by atoms with Crippen molar-refractivity contribution in [1.82, 2.24) is 10.2 Å². The van der Waals surface area contributed by atoms with Crippen LogP contribution >= 0.6 is 24.8 Å². The summed E-state index contributed by atoms with van der Waals surface area (Å²) in [6, 6.07) is 6.30. The summed E-state index contributed by atoms with van der Waals surface area (Å²) in [7, 11) is 1.59. The van der Waals surface area contributed by atoms with Gasteiger partial charge in [-0.15, -0.1) is 24.8 Å². The van der Waals surface area contributed by atoms with Crippen molar-refractivity contribution in [2.45, 2.75) is 25.3 Å². The number of benzene rings is 1. The van der Waals surface area contributed by atoms with Gasteiger partial charge in [-0.2, -0.15) is 0 Å². The molecule has 126 valence electrons. The molecule has 0 unspecified atom stereocenters. The standard InChI is InChI=1S/C16H24N2O2.2ClH/c1-20-16-5-4-13(11-15(16)19)14(10-12-2-3-12)18-8-6-17-7-9-18;;/h4-5,11-12,14,17,19H,2-3,6-10H2,1H3;2*1H/t14-;;/m0../s1. The Hall–Kier alpha value is -0.680. The fourth-order valence-electron chi connectivity index (χ4n) is 3.07. The predicted octanol–water partition coefficient (Wildman–Crippen LogP) is 2.99. The van der Waals surface area contributed by atoms with Crippen LogP contribution in [0.3, 0.4) is 0 Å². The lowest BCUT2D eigenvalue weighted by Gasteiger charge is -2.35. The van der Waals surface area contributed by atoms with Crippen LogP contribution in [0.15, 0.2) is 18.2 Å². The minimum atomic E-state index is 0. The largest absolute Gasteiger partial charge is 0.504 e. The number of hydrogen-bond donors (Lipinski definition) is 2. The van der Waals surface area contributed by atoms with Crippen molar-refractivity contribution in [3.8, 4) is 11.5 Å². The van der Waals surface area contributed by atoms with Gasteiger partial charge >= 0.3 is 0 Å². The van der Waals surface area contributed by atoms with Gasteiger partial charge in [-0.05, 0) is 30.0 Å². The molecule has 3 rings (SSSR count). The Balaban J connectivity index is 0.00000121. The summed E-state index contributed by atoms with van der Waals surface area (Å²) in [6.45, 7) is 4.29. The Morgan fingerprint density at radius 2 is 1.95 bits per heavy atom. The molecule has 1 saturated heterocycles. The number of aromatic hydroxyl groups is 1. The van der Waals surface area contributed by atoms with Crippen LogP contribution in [0.2, 0.25) is 0 Å². The normalized spacial score (nSPS) is 19.7. The second-order valence-electron chi connectivity index (χ2n) is 5.91. The van der Waals surface area contributed by atoms with Gasteiger partial charge in [0.1, 0.15) is 0 Å². The summed E-state index contributed by atoms with van der Waals surface area (Å²) in [6.07, 6.45) is 3.95. The molecular weight excluding hydrogens is 323 g/mol. The fraction of sp³-hybridized carbons (Fsp3) is 0.625. The van der Waals surface area contributed by atoms with Gasteiger partial charge in [0, 0.05) is 32.2 Å². The second-order valence-corrected chi connectivity index (χ2v) is 5.91. The third-order valence-corrected chi connectivity index (χ3v) is 4.43. The highest BCUT2D eigenvalue weighted by molar-refractivity contribution is 5.85. The Kier molecular flexibility index (Phi) is 7.77. The summed E-state index contributed by atoms with van der Waals surface area (Å²) in [5, 5.41) is 13.4. The van der Waals surface area contributed by atoms with Crippen LogP contribution in [0.25, 0.3) is 0 Å². The van der Waals surface area contributed by atoms with Crippen LogP contribution in [0.1, 0.15) is 30.9 Å². The van der Waals surface area contributed by atoms with Gasteiger partial charge in [0.05, 0.1) is 7.11 Å². The van der Waals surface area contributed by atoms with Gasteiger partial charge in [0.2, 0.25) is 0 Å². The third-order valence-electron chi connectivity index (χ3n) is 4.43. The van der Waals surface area contributed by atoms with E-state index in [1.807, 2.05) is 12.1 Å². The zero-order valence-electron chi connectivity index (χ0n) is 13.0. The number of piperazine rings is 1. The van der Waals surface area contributed by atoms with Crippen LogP contribution in [0.5, 0.6) is 11.5 Å². The van der Waals surface area contributed by atoms with Crippen LogP contribution in [-0.2, 0) is 0 Å². The van der Waals surface area contributed by atoms with Gasteiger partial charge in [-0.1, -0.05) is 18.9 Å². The van der Waals surface area contributed by atoms with E-state index in [1.54, 1.807) is 7.11 Å². The summed E-state index contributed by atoms with van der Waals surface area (Å²) < 4.78 is 5.15. The molecule has 0 aromatic heterocycles. The maximum absolute atomic E-state index is 10.0. The fourth-order valence-corrected chi connectivity index (χ4v) is 3.07. The van der Waals surface area contributed by atoms with Gasteiger partial charge < -0.3 is 15.2 Å². The van der Waals surface area contributed by atoms with E-state index in [2.05, 4.69) is 16.3 Å². The quantitative estimate of drug-likeness (QED) is 0.858. The smallest absolute Gasteiger partial charge is 0.160 e. The number of nitrogens with one attached hydrogen (secondary N) is 1. The van der Waals surface area contributed by atoms with E-state index in [4.69, 9.17) is 4.74 Å². The number of halogens is 2. The molecule has 1 atom stereocenters. The zero-order valence-corrected chi connectivity index (χ0v) is 14.6. The molecule has 0 radical (unpaired) electrons. The summed E-state index contributed by atoms with van der Waals surface area (Å²) in [5.41, 5.74) is 1.22. The first kappa shape index (κ1) is 19.4. The molecule has 6 heteroatoms. The van der Waals surface area contributed by atoms with E-state index in [0.717, 1.165) is 32.1 Å². The topological polar surface area (TPSA) is 44.7 Å². The predicted molar refractivity (Wildman–Crippen MR) is 93.7 cm³/mol. The minimum absolute atomic E-state index is 0. The minimum Gasteiger partial charge on any atom is -0.504 e. The maximum atomic E-state index is 10.0. The molecule has 2 N–H and O–H groups in total. The molecule has 1 aromatic rings. The lowest BCUT2D eigenvalue weighted by atomic mass is 9.98. The van der Waals surface area contributed by atoms with E-state index in [1.165, 1.54) is 24.8 Å². The highest BCUT2D eigenvalue weighted by Gasteiger charge is 2.30. The van der Waals surface area contributed by atoms with Gasteiger partial charge in [-0.3, -0.25) is 4.90 Å². The molecule has 0 spiro atoms. The average Bonchev–Trinajstić information content (AvgIpc) is 3.30. The molecule has 1 aliphatic carbocycles. The second kappa shape index (κ2) is 8.82. The van der Waals surface area contributed by atoms with Crippen LogP contribution in [-0.4, -0.2) is 43.3 Å². The van der Waals surface area contributed by atoms with E-state index in [-0.39, 0.29) is 30.6 Å². The molecule has 1 aliphatic heterocycles. The molecule has 22 heavy (non-hydrogen) atoms. The van der Waals surface area contributed by atoms with Crippen molar-refractivity contribution < 1.29 is 9.84 Å². The summed E-state index contributed by atoms with van der Waals surface area (Å²) >= 11 is 0. The van der Waals surface area contributed by atoms with Crippen LogP contribution in [0, 0.1) is 5.92 Å². The highest BCUT2D eigenvalue weighted by Crippen LogP contribution is 2.41. The number of phenols is 1. The first-order valence-electron chi connectivity index (χ1n) is 7.59. The molecule has 2 aliphatic rings. The third kappa shape index (κ3) is 4.66. The van der Waals surface area contributed by atoms with Crippen molar-refractivity contribution >= 4 is 24.8 Å². The Morgan fingerprint density at radius 1 is 1.27 bits per heavy atom. The van der Waals surface area contributed by atoms with Gasteiger partial charge in [0.25, 0.3) is 0 Å². The van der Waals surface area contributed by atoms with Gasteiger partial charge in [-0.25, -0.2) is 0 Å². The van der Waals surface area contributed by atoms with E-state index in [0.29, 0.717) is 11.8 Å². The Morgan fingerprint density at radius 3 is 2.50 bits per heavy atom.